The Labute approximate surface area is 156 Å². The third-order valence-electron chi connectivity index (χ3n) is 4.38. The molecule has 0 saturated carbocycles. The maximum Gasteiger partial charge on any atom is 0.330 e. The molecule has 1 amide bonds. The standard InChI is InChI=1S/C20H21NO4S/c22-18(21-20(19(23)24)10-11-26-14-20)13-25-17-9-5-4-8-16(17)12-15-6-2-1-3-7-15/h1-9H,10-14H2,(H,21,22)(H,23,24). The van der Waals surface area contributed by atoms with Gasteiger partial charge in [-0.15, -0.1) is 0 Å². The number of hydrogen-bond donors (Lipinski definition) is 2. The van der Waals surface area contributed by atoms with E-state index in [2.05, 4.69) is 5.32 Å². The van der Waals surface area contributed by atoms with E-state index < -0.39 is 17.4 Å². The van der Waals surface area contributed by atoms with Crippen LogP contribution in [-0.2, 0) is 16.0 Å². The molecule has 1 unspecified atom stereocenters. The highest BCUT2D eigenvalue weighted by Crippen LogP contribution is 2.28. The molecule has 0 bridgehead atoms. The fraction of sp³-hybridized carbons (Fsp3) is 0.300. The predicted octanol–water partition coefficient (Wildman–Crippen LogP) is 2.73. The quantitative estimate of drug-likeness (QED) is 0.783. The first-order chi connectivity index (χ1) is 12.6. The first-order valence-electron chi connectivity index (χ1n) is 8.46. The van der Waals surface area contributed by atoms with Gasteiger partial charge in [-0.05, 0) is 29.4 Å². The largest absolute Gasteiger partial charge is 0.483 e. The molecule has 0 radical (unpaired) electrons. The van der Waals surface area contributed by atoms with Crippen LogP contribution in [0.2, 0.25) is 0 Å². The number of hydrogen-bond acceptors (Lipinski definition) is 4. The number of thioether (sulfide) groups is 1. The van der Waals surface area contributed by atoms with Crippen molar-refractivity contribution in [3.63, 3.8) is 0 Å². The van der Waals surface area contributed by atoms with Crippen molar-refractivity contribution < 1.29 is 19.4 Å². The van der Waals surface area contributed by atoms with Gasteiger partial charge in [-0.2, -0.15) is 11.8 Å². The molecule has 1 saturated heterocycles. The van der Waals surface area contributed by atoms with Crippen LogP contribution in [0.4, 0.5) is 0 Å². The first-order valence-corrected chi connectivity index (χ1v) is 9.61. The Kier molecular flexibility index (Phi) is 5.83. The van der Waals surface area contributed by atoms with Crippen LogP contribution >= 0.6 is 11.8 Å². The minimum absolute atomic E-state index is 0.203. The molecule has 1 aliphatic rings. The molecule has 26 heavy (non-hydrogen) atoms. The summed E-state index contributed by atoms with van der Waals surface area (Å²) >= 11 is 1.53. The van der Waals surface area contributed by atoms with Crippen LogP contribution in [0.1, 0.15) is 17.5 Å². The van der Waals surface area contributed by atoms with Gasteiger partial charge < -0.3 is 15.2 Å². The Morgan fingerprint density at radius 3 is 2.54 bits per heavy atom. The van der Waals surface area contributed by atoms with E-state index in [0.717, 1.165) is 16.9 Å². The van der Waals surface area contributed by atoms with E-state index in [9.17, 15) is 14.7 Å². The summed E-state index contributed by atoms with van der Waals surface area (Å²) in [6.45, 7) is -0.203. The average molecular weight is 371 g/mol. The summed E-state index contributed by atoms with van der Waals surface area (Å²) in [5.74, 6) is 0.355. The van der Waals surface area contributed by atoms with E-state index >= 15 is 0 Å². The van der Waals surface area contributed by atoms with E-state index in [4.69, 9.17) is 4.74 Å². The molecule has 6 heteroatoms. The van der Waals surface area contributed by atoms with Crippen LogP contribution < -0.4 is 10.1 Å². The second-order valence-corrected chi connectivity index (χ2v) is 7.40. The number of carboxylic acid groups (broad SMARTS) is 1. The van der Waals surface area contributed by atoms with Crippen LogP contribution in [0, 0.1) is 0 Å². The van der Waals surface area contributed by atoms with E-state index in [-0.39, 0.29) is 6.61 Å². The summed E-state index contributed by atoms with van der Waals surface area (Å²) in [4.78, 5) is 23.8. The Morgan fingerprint density at radius 1 is 1.12 bits per heavy atom. The van der Waals surface area contributed by atoms with Crippen LogP contribution in [0.5, 0.6) is 5.75 Å². The summed E-state index contributed by atoms with van der Waals surface area (Å²) < 4.78 is 5.69. The van der Waals surface area contributed by atoms with Crippen molar-refractivity contribution in [2.75, 3.05) is 18.1 Å². The van der Waals surface area contributed by atoms with Crippen molar-refractivity contribution in [1.29, 1.82) is 0 Å². The molecule has 0 aliphatic carbocycles. The smallest absolute Gasteiger partial charge is 0.330 e. The minimum atomic E-state index is -1.17. The van der Waals surface area contributed by atoms with E-state index in [0.29, 0.717) is 24.3 Å². The summed E-state index contributed by atoms with van der Waals surface area (Å²) in [5.41, 5.74) is 0.964. The van der Waals surface area contributed by atoms with Gasteiger partial charge >= 0.3 is 5.97 Å². The Morgan fingerprint density at radius 2 is 1.85 bits per heavy atom. The third kappa shape index (κ3) is 4.38. The van der Waals surface area contributed by atoms with Gasteiger partial charge in [0.1, 0.15) is 11.3 Å². The second-order valence-electron chi connectivity index (χ2n) is 6.30. The predicted molar refractivity (Wildman–Crippen MR) is 102 cm³/mol. The van der Waals surface area contributed by atoms with Gasteiger partial charge in [0.2, 0.25) is 0 Å². The lowest BCUT2D eigenvalue weighted by molar-refractivity contribution is -0.146. The Bertz CT molecular complexity index is 772. The van der Waals surface area contributed by atoms with Crippen molar-refractivity contribution >= 4 is 23.6 Å². The number of ether oxygens (including phenoxy) is 1. The number of carbonyl (C=O) groups is 2. The highest BCUT2D eigenvalue weighted by Gasteiger charge is 2.43. The average Bonchev–Trinajstić information content (AvgIpc) is 3.12. The van der Waals surface area contributed by atoms with Gasteiger partial charge in [0.05, 0.1) is 0 Å². The molecule has 3 rings (SSSR count). The van der Waals surface area contributed by atoms with Gasteiger partial charge in [0, 0.05) is 12.2 Å². The van der Waals surface area contributed by atoms with Gasteiger partial charge in [-0.3, -0.25) is 4.79 Å². The number of nitrogens with one attached hydrogen (secondary N) is 1. The zero-order valence-corrected chi connectivity index (χ0v) is 15.1. The van der Waals surface area contributed by atoms with Crippen LogP contribution in [0.25, 0.3) is 0 Å². The number of benzene rings is 2. The maximum atomic E-state index is 12.2. The molecule has 136 valence electrons. The summed E-state index contributed by atoms with van der Waals surface area (Å²) in [6, 6.07) is 17.6. The monoisotopic (exact) mass is 371 g/mol. The Balaban J connectivity index is 1.63. The number of aliphatic carboxylic acids is 1. The third-order valence-corrected chi connectivity index (χ3v) is 5.57. The molecule has 1 heterocycles. The summed E-state index contributed by atoms with van der Waals surface area (Å²) in [7, 11) is 0. The lowest BCUT2D eigenvalue weighted by atomic mass is 9.99. The van der Waals surface area contributed by atoms with Gasteiger partial charge in [0.15, 0.2) is 6.61 Å². The number of rotatable bonds is 7. The molecule has 1 atom stereocenters. The van der Waals surface area contributed by atoms with Gasteiger partial charge in [0.25, 0.3) is 5.91 Å². The fourth-order valence-electron chi connectivity index (χ4n) is 2.94. The SMILES string of the molecule is O=C(COc1ccccc1Cc1ccccc1)NC1(C(=O)O)CCSC1. The van der Waals surface area contributed by atoms with Crippen molar-refractivity contribution in [1.82, 2.24) is 5.32 Å². The summed E-state index contributed by atoms with van der Waals surface area (Å²) in [5, 5.41) is 12.1. The molecule has 2 aromatic rings. The van der Waals surface area contributed by atoms with Crippen molar-refractivity contribution in [2.45, 2.75) is 18.4 Å². The zero-order chi connectivity index (χ0) is 18.4. The van der Waals surface area contributed by atoms with Crippen LogP contribution in [-0.4, -0.2) is 40.6 Å². The number of para-hydroxylation sites is 1. The highest BCUT2D eigenvalue weighted by atomic mass is 32.2. The molecular formula is C20H21NO4S. The molecular weight excluding hydrogens is 350 g/mol. The molecule has 0 aromatic heterocycles. The number of carbonyl (C=O) groups excluding carboxylic acids is 1. The molecule has 1 aliphatic heterocycles. The zero-order valence-electron chi connectivity index (χ0n) is 14.3. The van der Waals surface area contributed by atoms with Crippen LogP contribution in [0.3, 0.4) is 0 Å². The molecule has 0 spiro atoms. The maximum absolute atomic E-state index is 12.2. The van der Waals surface area contributed by atoms with Gasteiger partial charge in [-0.1, -0.05) is 48.5 Å². The lowest BCUT2D eigenvalue weighted by Gasteiger charge is -2.24. The number of carboxylic acids is 1. The van der Waals surface area contributed by atoms with Gasteiger partial charge in [-0.25, -0.2) is 4.79 Å². The van der Waals surface area contributed by atoms with E-state index in [1.54, 1.807) is 0 Å². The fourth-order valence-corrected chi connectivity index (χ4v) is 4.26. The molecule has 1 fully saturated rings. The molecule has 2 aromatic carbocycles. The van der Waals surface area contributed by atoms with E-state index in [1.165, 1.54) is 11.8 Å². The minimum Gasteiger partial charge on any atom is -0.483 e. The van der Waals surface area contributed by atoms with E-state index in [1.807, 2.05) is 54.6 Å². The van der Waals surface area contributed by atoms with Crippen molar-refractivity contribution in [2.24, 2.45) is 0 Å². The second kappa shape index (κ2) is 8.27. The van der Waals surface area contributed by atoms with Crippen molar-refractivity contribution in [3.8, 4) is 5.75 Å². The normalized spacial score (nSPS) is 19.1. The highest BCUT2D eigenvalue weighted by molar-refractivity contribution is 7.99. The van der Waals surface area contributed by atoms with Crippen LogP contribution in [0.15, 0.2) is 54.6 Å². The topological polar surface area (TPSA) is 75.6 Å². The lowest BCUT2D eigenvalue weighted by Crippen LogP contribution is -2.55. The number of amides is 1. The Hall–Kier alpha value is -2.47. The molecule has 2 N–H and O–H groups in total. The van der Waals surface area contributed by atoms with Crippen molar-refractivity contribution in [3.05, 3.63) is 65.7 Å². The first kappa shape index (κ1) is 18.3. The molecule has 5 nitrogen and oxygen atoms in total. The summed E-state index contributed by atoms with van der Waals surface area (Å²) in [6.07, 6.45) is 1.14.